The third-order valence-corrected chi connectivity index (χ3v) is 5.59. The third-order valence-electron chi connectivity index (χ3n) is 4.68. The predicted octanol–water partition coefficient (Wildman–Crippen LogP) is 4.05. The van der Waals surface area contributed by atoms with Crippen LogP contribution in [0.4, 0.5) is 11.4 Å². The van der Waals surface area contributed by atoms with Gasteiger partial charge in [0.15, 0.2) is 11.5 Å². The Hall–Kier alpha value is -3.46. The summed E-state index contributed by atoms with van der Waals surface area (Å²) in [5.41, 5.74) is 3.00. The number of carbonyl (C=O) groups is 2. The summed E-state index contributed by atoms with van der Waals surface area (Å²) >= 11 is 1.29. The summed E-state index contributed by atoms with van der Waals surface area (Å²) in [5.74, 6) is 0.881. The van der Waals surface area contributed by atoms with Crippen LogP contribution >= 0.6 is 11.8 Å². The van der Waals surface area contributed by atoms with Crippen LogP contribution in [-0.2, 0) is 20.9 Å². The number of hydrogen-bond acceptors (Lipinski definition) is 8. The first-order valence-electron chi connectivity index (χ1n) is 10.4. The van der Waals surface area contributed by atoms with Crippen LogP contribution in [0.1, 0.15) is 18.9 Å². The first-order valence-corrected chi connectivity index (χ1v) is 11.4. The van der Waals surface area contributed by atoms with Crippen LogP contribution in [0, 0.1) is 0 Å². The van der Waals surface area contributed by atoms with Gasteiger partial charge in [0.25, 0.3) is 0 Å². The van der Waals surface area contributed by atoms with E-state index in [2.05, 4.69) is 15.6 Å². The van der Waals surface area contributed by atoms with Crippen molar-refractivity contribution in [2.24, 2.45) is 4.99 Å². The Kier molecular flexibility index (Phi) is 8.77. The minimum Gasteiger partial charge on any atom is -0.493 e. The molecule has 0 aromatic heterocycles. The summed E-state index contributed by atoms with van der Waals surface area (Å²) in [6.45, 7) is 2.39. The Morgan fingerprint density at radius 2 is 1.91 bits per heavy atom. The molecule has 0 saturated heterocycles. The number of aliphatic imine (C=N–C) groups is 1. The van der Waals surface area contributed by atoms with Gasteiger partial charge in [-0.05, 0) is 31.2 Å². The smallest absolute Gasteiger partial charge is 0.311 e. The van der Waals surface area contributed by atoms with E-state index < -0.39 is 0 Å². The second kappa shape index (κ2) is 12.0. The van der Waals surface area contributed by atoms with E-state index in [0.717, 1.165) is 16.9 Å². The molecule has 0 radical (unpaired) electrons. The van der Waals surface area contributed by atoms with Gasteiger partial charge in [0.1, 0.15) is 0 Å². The number of esters is 1. The zero-order valence-corrected chi connectivity index (χ0v) is 19.7. The maximum Gasteiger partial charge on any atom is 0.311 e. The number of fused-ring (bicyclic) bond motifs is 1. The van der Waals surface area contributed by atoms with Crippen molar-refractivity contribution in [3.8, 4) is 11.5 Å². The number of nitrogens with zero attached hydrogens (tertiary/aromatic N) is 1. The Morgan fingerprint density at radius 3 is 2.67 bits per heavy atom. The van der Waals surface area contributed by atoms with Crippen LogP contribution in [0.2, 0.25) is 0 Å². The molecule has 1 aliphatic rings. The molecule has 2 aromatic carbocycles. The predicted molar refractivity (Wildman–Crippen MR) is 130 cm³/mol. The number of hydrogen-bond donors (Lipinski definition) is 2. The van der Waals surface area contributed by atoms with Crippen molar-refractivity contribution in [2.45, 2.75) is 19.9 Å². The molecule has 1 heterocycles. The van der Waals surface area contributed by atoms with Gasteiger partial charge in [-0.2, -0.15) is 0 Å². The highest BCUT2D eigenvalue weighted by atomic mass is 32.2. The fourth-order valence-corrected chi connectivity index (χ4v) is 3.97. The molecule has 1 amide bonds. The number of amides is 1. The molecule has 0 saturated carbocycles. The van der Waals surface area contributed by atoms with Crippen LogP contribution in [0.3, 0.4) is 0 Å². The highest BCUT2D eigenvalue weighted by Gasteiger charge is 2.16. The van der Waals surface area contributed by atoms with Gasteiger partial charge in [-0.15, -0.1) is 0 Å². The van der Waals surface area contributed by atoms with E-state index in [9.17, 15) is 9.59 Å². The summed E-state index contributed by atoms with van der Waals surface area (Å²) in [7, 11) is 3.14. The lowest BCUT2D eigenvalue weighted by molar-refractivity contribution is -0.142. The first kappa shape index (κ1) is 24.2. The van der Waals surface area contributed by atoms with Crippen LogP contribution < -0.4 is 20.1 Å². The van der Waals surface area contributed by atoms with Gasteiger partial charge < -0.3 is 24.8 Å². The molecule has 0 unspecified atom stereocenters. The Labute approximate surface area is 197 Å². The molecule has 2 N–H and O–H groups in total. The summed E-state index contributed by atoms with van der Waals surface area (Å²) in [6, 6.07) is 13.1. The highest BCUT2D eigenvalue weighted by molar-refractivity contribution is 8.14. The topological polar surface area (TPSA) is 98.3 Å². The minimum atomic E-state index is -0.329. The lowest BCUT2D eigenvalue weighted by Crippen LogP contribution is -2.25. The molecule has 0 fully saturated rings. The Morgan fingerprint density at radius 1 is 1.09 bits per heavy atom. The average Bonchev–Trinajstić information content (AvgIpc) is 2.99. The lowest BCUT2D eigenvalue weighted by atomic mass is 10.2. The molecule has 8 nitrogen and oxygen atoms in total. The second-order valence-corrected chi connectivity index (χ2v) is 7.96. The van der Waals surface area contributed by atoms with Crippen LogP contribution in [0.25, 0.3) is 0 Å². The van der Waals surface area contributed by atoms with Gasteiger partial charge in [-0.3, -0.25) is 9.59 Å². The molecular formula is C24H27N3O5S. The summed E-state index contributed by atoms with van der Waals surface area (Å²) in [5, 5.41) is 6.77. The molecule has 1 aliphatic heterocycles. The maximum absolute atomic E-state index is 12.5. The summed E-state index contributed by atoms with van der Waals surface area (Å²) in [4.78, 5) is 29.2. The molecule has 9 heteroatoms. The van der Waals surface area contributed by atoms with E-state index in [1.165, 1.54) is 11.8 Å². The summed E-state index contributed by atoms with van der Waals surface area (Å²) in [6.07, 6.45) is 1.86. The Balaban J connectivity index is 1.66. The van der Waals surface area contributed by atoms with Crippen molar-refractivity contribution in [2.75, 3.05) is 31.9 Å². The number of methoxy groups -OCH3 is 2. The third kappa shape index (κ3) is 6.76. The molecule has 33 heavy (non-hydrogen) atoms. The molecule has 0 spiro atoms. The van der Waals surface area contributed by atoms with Gasteiger partial charge >= 0.3 is 5.97 Å². The number of nitrogens with one attached hydrogen (secondary N) is 2. The van der Waals surface area contributed by atoms with E-state index in [4.69, 9.17) is 14.2 Å². The zero-order chi connectivity index (χ0) is 23.6. The molecule has 0 atom stereocenters. The van der Waals surface area contributed by atoms with E-state index in [1.807, 2.05) is 36.4 Å². The number of benzene rings is 2. The quantitative estimate of drug-likeness (QED) is 0.535. The molecule has 2 aromatic rings. The van der Waals surface area contributed by atoms with E-state index in [-0.39, 0.29) is 24.1 Å². The minimum absolute atomic E-state index is 0.0869. The van der Waals surface area contributed by atoms with Crippen LogP contribution in [0.15, 0.2) is 59.2 Å². The lowest BCUT2D eigenvalue weighted by Gasteiger charge is -2.13. The van der Waals surface area contributed by atoms with Crippen molar-refractivity contribution in [3.05, 3.63) is 59.8 Å². The molecule has 0 bridgehead atoms. The highest BCUT2D eigenvalue weighted by Crippen LogP contribution is 2.32. The van der Waals surface area contributed by atoms with Crippen molar-refractivity contribution >= 4 is 40.1 Å². The summed E-state index contributed by atoms with van der Waals surface area (Å²) < 4.78 is 15.8. The fraction of sp³-hybridized carbons (Fsp3) is 0.292. The van der Waals surface area contributed by atoms with Gasteiger partial charge in [-0.25, -0.2) is 4.99 Å². The van der Waals surface area contributed by atoms with Crippen molar-refractivity contribution in [1.82, 2.24) is 5.32 Å². The van der Waals surface area contributed by atoms with Crippen molar-refractivity contribution in [1.29, 1.82) is 0 Å². The fourth-order valence-electron chi connectivity index (χ4n) is 3.20. The number of anilines is 1. The van der Waals surface area contributed by atoms with Crippen molar-refractivity contribution < 1.29 is 23.8 Å². The number of rotatable bonds is 9. The van der Waals surface area contributed by atoms with Gasteiger partial charge in [0.2, 0.25) is 5.91 Å². The number of para-hydroxylation sites is 3. The van der Waals surface area contributed by atoms with Crippen molar-refractivity contribution in [3.63, 3.8) is 0 Å². The maximum atomic E-state index is 12.5. The monoisotopic (exact) mass is 469 g/mol. The molecular weight excluding hydrogens is 442 g/mol. The van der Waals surface area contributed by atoms with Gasteiger partial charge in [-0.1, -0.05) is 36.0 Å². The number of ether oxygens (including phenoxy) is 3. The van der Waals surface area contributed by atoms with Gasteiger partial charge in [0, 0.05) is 17.8 Å². The number of thioether (sulfide) groups is 1. The molecule has 0 aliphatic carbocycles. The average molecular weight is 470 g/mol. The van der Waals surface area contributed by atoms with Crippen LogP contribution in [-0.4, -0.2) is 43.5 Å². The van der Waals surface area contributed by atoms with Gasteiger partial charge in [0.05, 0.1) is 49.4 Å². The Bertz CT molecular complexity index is 1070. The standard InChI is InChI=1S/C24H27N3O5S/c1-4-32-23(29)13-17-12-22(27-19-10-6-5-9-18(19)26-17)33-15-21(28)25-14-16-8-7-11-20(30-2)24(16)31-3/h5-12,26H,4,13-15H2,1-3H3,(H,25,28). The van der Waals surface area contributed by atoms with E-state index in [0.29, 0.717) is 35.4 Å². The molecule has 3 rings (SSSR count). The normalized spacial score (nSPS) is 12.3. The van der Waals surface area contributed by atoms with Crippen LogP contribution in [0.5, 0.6) is 11.5 Å². The number of carbonyl (C=O) groups excluding carboxylic acids is 2. The SMILES string of the molecule is CCOC(=O)CC1=CC(SCC(=O)NCc2cccc(OC)c2OC)=Nc2ccccc2N1. The van der Waals surface area contributed by atoms with E-state index >= 15 is 0 Å². The second-order valence-electron chi connectivity index (χ2n) is 6.96. The zero-order valence-electron chi connectivity index (χ0n) is 18.8. The largest absolute Gasteiger partial charge is 0.493 e. The first-order chi connectivity index (χ1) is 16.0. The molecule has 174 valence electrons. The van der Waals surface area contributed by atoms with E-state index in [1.54, 1.807) is 33.3 Å².